The van der Waals surface area contributed by atoms with Crippen molar-refractivity contribution in [2.24, 2.45) is 11.8 Å². The van der Waals surface area contributed by atoms with Gasteiger partial charge in [-0.1, -0.05) is 143 Å². The number of ether oxygens (including phenoxy) is 1. The van der Waals surface area contributed by atoms with Crippen LogP contribution in [0.5, 0.6) is 0 Å². The molecule has 10 heteroatoms. The molecule has 57 heavy (non-hydrogen) atoms. The van der Waals surface area contributed by atoms with E-state index in [9.17, 15) is 19.2 Å². The fourth-order valence-electron chi connectivity index (χ4n) is 7.67. The largest absolute Gasteiger partial charge is 1.00 e. The first-order valence-electron chi connectivity index (χ1n) is 19.1. The number of amides is 4. The molecular formula is C47H45LiN4O5. The molecule has 4 amide bonds. The molecule has 0 fully saturated rings. The minimum Gasteiger partial charge on any atom is -0.623 e. The molecule has 1 aliphatic carbocycles. The quantitative estimate of drug-likeness (QED) is 0.103. The number of benzene rings is 5. The zero-order chi connectivity index (χ0) is 39.3. The summed E-state index contributed by atoms with van der Waals surface area (Å²) in [5.74, 6) is -1.33. The van der Waals surface area contributed by atoms with Gasteiger partial charge in [0.15, 0.2) is 0 Å². The van der Waals surface area contributed by atoms with Crippen LogP contribution in [0.4, 0.5) is 16.2 Å². The van der Waals surface area contributed by atoms with Crippen LogP contribution in [0.1, 0.15) is 67.1 Å². The topological polar surface area (TPSA) is 128 Å². The van der Waals surface area contributed by atoms with Crippen LogP contribution in [0.15, 0.2) is 127 Å². The van der Waals surface area contributed by atoms with Gasteiger partial charge in [-0.3, -0.25) is 9.59 Å². The molecule has 0 aromatic heterocycles. The number of para-hydroxylation sites is 2. The van der Waals surface area contributed by atoms with Gasteiger partial charge in [-0.15, -0.1) is 5.69 Å². The van der Waals surface area contributed by atoms with E-state index >= 15 is 0 Å². The maximum Gasteiger partial charge on any atom is 1.00 e. The first-order chi connectivity index (χ1) is 27.1. The summed E-state index contributed by atoms with van der Waals surface area (Å²) in [7, 11) is 0. The molecule has 3 N–H and O–H groups in total. The minimum atomic E-state index is -0.899. The Kier molecular flexibility index (Phi) is 12.8. The second-order valence-electron chi connectivity index (χ2n) is 14.7. The van der Waals surface area contributed by atoms with Crippen LogP contribution in [0.25, 0.3) is 33.1 Å². The third kappa shape index (κ3) is 8.61. The molecule has 0 radical (unpaired) electrons. The zero-order valence-corrected chi connectivity index (χ0v) is 32.9. The predicted molar refractivity (Wildman–Crippen MR) is 220 cm³/mol. The van der Waals surface area contributed by atoms with Gasteiger partial charge in [0, 0.05) is 22.7 Å². The summed E-state index contributed by atoms with van der Waals surface area (Å²) in [6.45, 7) is 7.94. The van der Waals surface area contributed by atoms with Crippen LogP contribution >= 0.6 is 0 Å². The number of anilines is 1. The van der Waals surface area contributed by atoms with Gasteiger partial charge in [0.05, 0.1) is 11.9 Å². The van der Waals surface area contributed by atoms with E-state index in [1.807, 2.05) is 87.5 Å². The van der Waals surface area contributed by atoms with Gasteiger partial charge in [-0.2, -0.15) is 0 Å². The SMILES string of the molecule is CC[C@H](C)[C@@H]1NC(=O)c2ccccc2/C1=C/C(=O)[N-]c1ccccc1-c1ccccc1NC(=O)[C@@H](NC(=O)OCC1c2ccccc2-c2ccccc21)C(C)C.[Li+]. The summed E-state index contributed by atoms with van der Waals surface area (Å²) in [5, 5.41) is 13.4. The Balaban J connectivity index is 0.00000549. The normalized spacial score (nSPS) is 15.9. The molecule has 0 bridgehead atoms. The fraction of sp³-hybridized carbons (Fsp3) is 0.234. The molecule has 9 nitrogen and oxygen atoms in total. The van der Waals surface area contributed by atoms with Crippen molar-refractivity contribution < 1.29 is 42.8 Å². The molecular weight excluding hydrogens is 707 g/mol. The van der Waals surface area contributed by atoms with Gasteiger partial charge in [-0.05, 0) is 69.0 Å². The maximum atomic E-state index is 13.9. The minimum absolute atomic E-state index is 0. The molecule has 1 heterocycles. The summed E-state index contributed by atoms with van der Waals surface area (Å²) in [6.07, 6.45) is 1.64. The van der Waals surface area contributed by atoms with E-state index < -0.39 is 23.9 Å². The number of nitrogens with zero attached hydrogens (tertiary/aromatic N) is 1. The van der Waals surface area contributed by atoms with E-state index in [-0.39, 0.29) is 55.2 Å². The number of hydrogen-bond acceptors (Lipinski definition) is 5. The number of alkyl carbamates (subject to hydrolysis) is 1. The van der Waals surface area contributed by atoms with Gasteiger partial charge in [0.25, 0.3) is 5.91 Å². The average Bonchev–Trinajstić information content (AvgIpc) is 3.53. The average molecular weight is 753 g/mol. The summed E-state index contributed by atoms with van der Waals surface area (Å²) < 4.78 is 5.77. The molecule has 5 aromatic rings. The van der Waals surface area contributed by atoms with E-state index in [4.69, 9.17) is 4.74 Å². The maximum absolute atomic E-state index is 13.9. The van der Waals surface area contributed by atoms with Crippen LogP contribution in [-0.2, 0) is 14.3 Å². The van der Waals surface area contributed by atoms with Crippen molar-refractivity contribution >= 4 is 40.8 Å². The number of carbonyl (C=O) groups excluding carboxylic acids is 4. The molecule has 2 aliphatic rings. The van der Waals surface area contributed by atoms with Crippen molar-refractivity contribution in [1.29, 1.82) is 0 Å². The number of rotatable bonds is 11. The Labute approximate surface area is 345 Å². The van der Waals surface area contributed by atoms with Gasteiger partial charge in [0.1, 0.15) is 12.6 Å². The van der Waals surface area contributed by atoms with Gasteiger partial charge in [-0.25, -0.2) is 4.79 Å². The van der Waals surface area contributed by atoms with Gasteiger partial charge in [0.2, 0.25) is 5.91 Å². The molecule has 284 valence electrons. The Morgan fingerprint density at radius 3 is 1.91 bits per heavy atom. The zero-order valence-electron chi connectivity index (χ0n) is 32.9. The second kappa shape index (κ2) is 17.9. The van der Waals surface area contributed by atoms with Crippen LogP contribution in [0, 0.1) is 11.8 Å². The predicted octanol–water partition coefficient (Wildman–Crippen LogP) is 6.63. The van der Waals surface area contributed by atoms with E-state index in [1.165, 1.54) is 6.08 Å². The van der Waals surface area contributed by atoms with Gasteiger partial charge >= 0.3 is 25.0 Å². The van der Waals surface area contributed by atoms with Crippen molar-refractivity contribution in [2.75, 3.05) is 11.9 Å². The molecule has 0 saturated carbocycles. The molecule has 0 unspecified atom stereocenters. The summed E-state index contributed by atoms with van der Waals surface area (Å²) in [6, 6.07) is 36.8. The van der Waals surface area contributed by atoms with Gasteiger partial charge < -0.3 is 30.8 Å². The Hall–Kier alpha value is -5.88. The van der Waals surface area contributed by atoms with Crippen molar-refractivity contribution in [2.45, 2.75) is 52.1 Å². The van der Waals surface area contributed by atoms with Crippen LogP contribution < -0.4 is 34.8 Å². The second-order valence-corrected chi connectivity index (χ2v) is 14.7. The van der Waals surface area contributed by atoms with Crippen molar-refractivity contribution in [3.8, 4) is 22.3 Å². The van der Waals surface area contributed by atoms with Crippen LogP contribution in [-0.4, -0.2) is 42.5 Å². The Morgan fingerprint density at radius 2 is 1.28 bits per heavy atom. The number of nitrogens with one attached hydrogen (secondary N) is 3. The molecule has 7 rings (SSSR count). The molecule has 5 aromatic carbocycles. The van der Waals surface area contributed by atoms with E-state index in [1.54, 1.807) is 30.3 Å². The van der Waals surface area contributed by atoms with Crippen molar-refractivity contribution in [3.05, 3.63) is 155 Å². The number of hydrogen-bond donors (Lipinski definition) is 3. The summed E-state index contributed by atoms with van der Waals surface area (Å²) in [4.78, 5) is 53.8. The van der Waals surface area contributed by atoms with E-state index in [0.29, 0.717) is 28.1 Å². The van der Waals surface area contributed by atoms with Crippen molar-refractivity contribution in [3.63, 3.8) is 0 Å². The molecule has 0 spiro atoms. The first kappa shape index (κ1) is 40.8. The third-order valence-electron chi connectivity index (χ3n) is 10.8. The van der Waals surface area contributed by atoms with E-state index in [2.05, 4.69) is 52.5 Å². The van der Waals surface area contributed by atoms with Crippen molar-refractivity contribution in [1.82, 2.24) is 10.6 Å². The fourth-order valence-corrected chi connectivity index (χ4v) is 7.67. The molecule has 0 saturated heterocycles. The Morgan fingerprint density at radius 1 is 0.737 bits per heavy atom. The smallest absolute Gasteiger partial charge is 0.623 e. The molecule has 1 aliphatic heterocycles. The Bertz CT molecular complexity index is 2290. The third-order valence-corrected chi connectivity index (χ3v) is 10.8. The molecule has 3 atom stereocenters. The van der Waals surface area contributed by atoms with Crippen LogP contribution in [0.2, 0.25) is 0 Å². The summed E-state index contributed by atoms with van der Waals surface area (Å²) in [5.41, 5.74) is 8.62. The number of fused-ring (bicyclic) bond motifs is 4. The monoisotopic (exact) mass is 752 g/mol. The van der Waals surface area contributed by atoms with E-state index in [0.717, 1.165) is 39.8 Å². The standard InChI is InChI=1S/C47H46N4O5.Li/c1-5-29(4)44-38(34-20-10-11-23-37(34)45(53)50-44)26-42(52)48-40-24-14-12-21-35(40)36-22-13-15-25-41(36)49-46(54)43(28(2)3)51-47(55)56-27-39-32-18-8-6-16-30(32)31-17-7-9-19-33(31)39;/h6-26,28-29,39,43-44H,5,27H2,1-4H3,(H4,48,49,50,51,52,53,54,55);/q;+1/p-1/t29-,43-,44-;/m0./s1. The van der Waals surface area contributed by atoms with Crippen LogP contribution in [0.3, 0.4) is 0 Å². The summed E-state index contributed by atoms with van der Waals surface area (Å²) >= 11 is 0. The first-order valence-corrected chi connectivity index (χ1v) is 19.1. The number of carbonyl (C=O) groups is 4.